The van der Waals surface area contributed by atoms with Crippen molar-refractivity contribution in [2.45, 2.75) is 12.0 Å². The fourth-order valence-corrected chi connectivity index (χ4v) is 4.63. The molecule has 8 heteroatoms. The summed E-state index contributed by atoms with van der Waals surface area (Å²) in [6.45, 7) is 0.776. The number of hydrogen-bond acceptors (Lipinski definition) is 7. The number of rotatable bonds is 4. The molecule has 1 amide bonds. The molecular formula is C27H21NO7. The number of para-hydroxylation sites is 2. The second kappa shape index (κ2) is 8.39. The molecule has 0 aliphatic carbocycles. The summed E-state index contributed by atoms with van der Waals surface area (Å²) in [6, 6.07) is 19.7. The molecule has 35 heavy (non-hydrogen) atoms. The molecule has 4 aromatic rings. The van der Waals surface area contributed by atoms with Gasteiger partial charge in [0, 0.05) is 5.69 Å². The van der Waals surface area contributed by atoms with Gasteiger partial charge in [-0.25, -0.2) is 4.79 Å². The predicted molar refractivity (Wildman–Crippen MR) is 128 cm³/mol. The van der Waals surface area contributed by atoms with Crippen LogP contribution in [0.15, 0.2) is 75.9 Å². The third-order valence-electron chi connectivity index (χ3n) is 6.17. The van der Waals surface area contributed by atoms with Gasteiger partial charge in [-0.3, -0.25) is 4.79 Å². The van der Waals surface area contributed by atoms with Crippen molar-refractivity contribution in [2.75, 3.05) is 25.6 Å². The van der Waals surface area contributed by atoms with E-state index in [1.165, 1.54) is 7.11 Å². The van der Waals surface area contributed by atoms with E-state index in [9.17, 15) is 9.59 Å². The molecule has 2 aliphatic rings. The van der Waals surface area contributed by atoms with Crippen LogP contribution in [0.2, 0.25) is 0 Å². The number of carbonyl (C=O) groups is 1. The summed E-state index contributed by atoms with van der Waals surface area (Å²) in [5, 5.41) is 3.51. The number of methoxy groups -OCH3 is 1. The summed E-state index contributed by atoms with van der Waals surface area (Å²) >= 11 is 0. The second-order valence-electron chi connectivity index (χ2n) is 8.25. The van der Waals surface area contributed by atoms with Gasteiger partial charge in [0.05, 0.1) is 24.0 Å². The fourth-order valence-electron chi connectivity index (χ4n) is 4.63. The van der Waals surface area contributed by atoms with Crippen LogP contribution < -0.4 is 29.9 Å². The summed E-state index contributed by atoms with van der Waals surface area (Å²) in [6.07, 6.45) is -1.04. The lowest BCUT2D eigenvalue weighted by atomic mass is 9.87. The molecule has 0 bridgehead atoms. The topological polar surface area (TPSA) is 96.2 Å². The second-order valence-corrected chi connectivity index (χ2v) is 8.25. The largest absolute Gasteiger partial charge is 0.493 e. The molecule has 0 radical (unpaired) electrons. The Balaban J connectivity index is 1.53. The molecule has 1 aromatic heterocycles. The first kappa shape index (κ1) is 21.1. The summed E-state index contributed by atoms with van der Waals surface area (Å²) in [5.41, 5.74) is 1.33. The van der Waals surface area contributed by atoms with E-state index >= 15 is 0 Å². The van der Waals surface area contributed by atoms with Gasteiger partial charge in [0.25, 0.3) is 5.91 Å². The van der Waals surface area contributed by atoms with Crippen molar-refractivity contribution in [3.05, 3.63) is 88.3 Å². The maximum atomic E-state index is 13.5. The Labute approximate surface area is 200 Å². The predicted octanol–water partition coefficient (Wildman–Crippen LogP) is 4.10. The maximum absolute atomic E-state index is 13.5. The number of anilines is 1. The van der Waals surface area contributed by atoms with Gasteiger partial charge in [-0.15, -0.1) is 0 Å². The van der Waals surface area contributed by atoms with Crippen molar-refractivity contribution >= 4 is 22.6 Å². The normalized spacial score (nSPS) is 18.0. The van der Waals surface area contributed by atoms with Crippen molar-refractivity contribution in [1.82, 2.24) is 0 Å². The Morgan fingerprint density at radius 2 is 1.74 bits per heavy atom. The summed E-state index contributed by atoms with van der Waals surface area (Å²) in [4.78, 5) is 26.7. The van der Waals surface area contributed by atoms with E-state index in [1.54, 1.807) is 42.5 Å². The van der Waals surface area contributed by atoms with Crippen LogP contribution in [-0.2, 0) is 4.79 Å². The van der Waals surface area contributed by atoms with E-state index in [-0.39, 0.29) is 5.56 Å². The molecule has 2 aliphatic heterocycles. The van der Waals surface area contributed by atoms with E-state index in [1.807, 2.05) is 24.3 Å². The van der Waals surface area contributed by atoms with Crippen LogP contribution in [0.3, 0.4) is 0 Å². The van der Waals surface area contributed by atoms with Crippen molar-refractivity contribution in [3.8, 4) is 23.0 Å². The van der Waals surface area contributed by atoms with Crippen LogP contribution in [0.1, 0.15) is 17.0 Å². The lowest BCUT2D eigenvalue weighted by Gasteiger charge is -2.24. The third-order valence-corrected chi connectivity index (χ3v) is 6.17. The zero-order chi connectivity index (χ0) is 23.9. The van der Waals surface area contributed by atoms with E-state index < -0.39 is 23.6 Å². The third kappa shape index (κ3) is 3.54. The number of ether oxygens (including phenoxy) is 4. The molecule has 0 saturated heterocycles. The van der Waals surface area contributed by atoms with Gasteiger partial charge >= 0.3 is 5.63 Å². The van der Waals surface area contributed by atoms with Gasteiger partial charge in [0.1, 0.15) is 24.5 Å². The van der Waals surface area contributed by atoms with Gasteiger partial charge in [-0.1, -0.05) is 30.3 Å². The van der Waals surface area contributed by atoms with Crippen LogP contribution in [-0.4, -0.2) is 32.3 Å². The molecule has 0 unspecified atom stereocenters. The summed E-state index contributed by atoms with van der Waals surface area (Å²) < 4.78 is 28.9. The number of nitrogens with one attached hydrogen (secondary N) is 1. The Morgan fingerprint density at radius 3 is 2.57 bits per heavy atom. The highest BCUT2D eigenvalue weighted by atomic mass is 16.6. The minimum Gasteiger partial charge on any atom is -0.493 e. The average molecular weight is 471 g/mol. The average Bonchev–Trinajstić information content (AvgIpc) is 3.31. The highest BCUT2D eigenvalue weighted by Gasteiger charge is 2.45. The number of carbonyl (C=O) groups excluding carboxylic acids is 1. The highest BCUT2D eigenvalue weighted by molar-refractivity contribution is 5.97. The lowest BCUT2D eigenvalue weighted by Crippen LogP contribution is -2.35. The zero-order valence-corrected chi connectivity index (χ0v) is 18.8. The smallest absolute Gasteiger partial charge is 0.344 e. The van der Waals surface area contributed by atoms with Gasteiger partial charge in [0.15, 0.2) is 17.6 Å². The fraction of sp³-hybridized carbons (Fsp3) is 0.185. The monoisotopic (exact) mass is 471 g/mol. The first-order chi connectivity index (χ1) is 17.1. The molecule has 6 rings (SSSR count). The number of fused-ring (bicyclic) bond motifs is 4. The first-order valence-corrected chi connectivity index (χ1v) is 11.2. The van der Waals surface area contributed by atoms with Crippen molar-refractivity contribution in [1.29, 1.82) is 0 Å². The van der Waals surface area contributed by atoms with Crippen LogP contribution in [0, 0.1) is 0 Å². The lowest BCUT2D eigenvalue weighted by molar-refractivity contribution is -0.122. The standard InChI is InChI=1S/C27H21NO7/c1-31-19-13-15(14-20-24(19)33-12-11-32-20)21-22-23(17-9-5-6-10-18(17)34-27(22)30)35-25(21)26(29)28-16-7-3-2-4-8-16/h2-10,13-14,21,25H,11-12H2,1H3,(H,28,29)/t21-,25+/m1/s1. The molecule has 3 heterocycles. The Bertz CT molecular complexity index is 1480. The molecular weight excluding hydrogens is 450 g/mol. The molecule has 176 valence electrons. The highest BCUT2D eigenvalue weighted by Crippen LogP contribution is 2.48. The van der Waals surface area contributed by atoms with Crippen molar-refractivity contribution in [3.63, 3.8) is 0 Å². The van der Waals surface area contributed by atoms with E-state index in [0.717, 1.165) is 0 Å². The zero-order valence-electron chi connectivity index (χ0n) is 18.8. The van der Waals surface area contributed by atoms with Crippen LogP contribution in [0.25, 0.3) is 11.0 Å². The van der Waals surface area contributed by atoms with E-state index in [4.69, 9.17) is 23.4 Å². The van der Waals surface area contributed by atoms with Crippen LogP contribution in [0.5, 0.6) is 23.0 Å². The summed E-state index contributed by atoms with van der Waals surface area (Å²) in [7, 11) is 1.53. The van der Waals surface area contributed by atoms with Gasteiger partial charge in [0.2, 0.25) is 5.75 Å². The van der Waals surface area contributed by atoms with E-state index in [2.05, 4.69) is 5.32 Å². The molecule has 0 spiro atoms. The van der Waals surface area contributed by atoms with Crippen LogP contribution >= 0.6 is 0 Å². The number of hydrogen-bond donors (Lipinski definition) is 1. The van der Waals surface area contributed by atoms with E-state index in [0.29, 0.717) is 58.4 Å². The quantitative estimate of drug-likeness (QED) is 0.448. The molecule has 8 nitrogen and oxygen atoms in total. The minimum atomic E-state index is -1.04. The van der Waals surface area contributed by atoms with Gasteiger partial charge < -0.3 is 28.7 Å². The molecule has 0 fully saturated rings. The molecule has 2 atom stereocenters. The number of benzene rings is 3. The Morgan fingerprint density at radius 1 is 0.971 bits per heavy atom. The summed E-state index contributed by atoms with van der Waals surface area (Å²) in [5.74, 6) is 0.583. The molecule has 1 N–H and O–H groups in total. The maximum Gasteiger partial charge on any atom is 0.344 e. The van der Waals surface area contributed by atoms with Crippen LogP contribution in [0.4, 0.5) is 5.69 Å². The first-order valence-electron chi connectivity index (χ1n) is 11.2. The van der Waals surface area contributed by atoms with Crippen molar-refractivity contribution < 1.29 is 28.2 Å². The van der Waals surface area contributed by atoms with Crippen molar-refractivity contribution in [2.24, 2.45) is 0 Å². The number of amides is 1. The Hall–Kier alpha value is -4.46. The molecule has 0 saturated carbocycles. The molecule has 3 aromatic carbocycles. The SMILES string of the molecule is COc1cc([C@@H]2c3c(c4ccccc4oc3=O)O[C@@H]2C(=O)Nc2ccccc2)cc2c1OCCO2. The Kier molecular flexibility index (Phi) is 5.06. The minimum absolute atomic E-state index is 0.274. The van der Waals surface area contributed by atoms with Gasteiger partial charge in [-0.05, 0) is 42.0 Å². The van der Waals surface area contributed by atoms with Gasteiger partial charge in [-0.2, -0.15) is 0 Å².